The van der Waals surface area contributed by atoms with Gasteiger partial charge in [0.25, 0.3) is 0 Å². The lowest BCUT2D eigenvalue weighted by atomic mass is 10.2. The number of amidine groups is 1. The van der Waals surface area contributed by atoms with Crippen molar-refractivity contribution in [3.63, 3.8) is 0 Å². The summed E-state index contributed by atoms with van der Waals surface area (Å²) >= 11 is 0. The van der Waals surface area contributed by atoms with E-state index in [0.717, 1.165) is 18.9 Å². The maximum Gasteiger partial charge on any atom is 0.128 e. The maximum absolute atomic E-state index is 4.37. The zero-order valence-electron chi connectivity index (χ0n) is 9.03. The van der Waals surface area contributed by atoms with Crippen LogP contribution in [-0.2, 0) is 0 Å². The fourth-order valence-corrected chi connectivity index (χ4v) is 1.51. The molecule has 3 nitrogen and oxygen atoms in total. The molecule has 2 rings (SSSR count). The Morgan fingerprint density at radius 1 is 1.20 bits per heavy atom. The molecular formula is C11H16ClN3. The molecule has 1 aromatic rings. The first-order valence-electron chi connectivity index (χ1n) is 4.83. The number of hydrogen-bond acceptors (Lipinski definition) is 3. The van der Waals surface area contributed by atoms with E-state index >= 15 is 0 Å². The van der Waals surface area contributed by atoms with Crippen molar-refractivity contribution < 1.29 is 0 Å². The summed E-state index contributed by atoms with van der Waals surface area (Å²) < 4.78 is 0. The Bertz CT molecular complexity index is 343. The van der Waals surface area contributed by atoms with Crippen LogP contribution >= 0.6 is 12.4 Å². The van der Waals surface area contributed by atoms with Crippen molar-refractivity contribution in [2.75, 3.05) is 32.1 Å². The van der Waals surface area contributed by atoms with Gasteiger partial charge in [-0.25, -0.2) is 0 Å². The Balaban J connectivity index is 0.00000112. The van der Waals surface area contributed by atoms with Gasteiger partial charge in [0.05, 0.1) is 6.54 Å². The predicted octanol–water partition coefficient (Wildman–Crippen LogP) is 1.52. The van der Waals surface area contributed by atoms with E-state index in [2.05, 4.69) is 39.5 Å². The predicted molar refractivity (Wildman–Crippen MR) is 67.4 cm³/mol. The molecule has 0 aromatic heterocycles. The molecule has 1 aliphatic rings. The number of rotatable bonds is 2. The Morgan fingerprint density at radius 2 is 1.87 bits per heavy atom. The van der Waals surface area contributed by atoms with E-state index in [4.69, 9.17) is 0 Å². The third-order valence-corrected chi connectivity index (χ3v) is 2.33. The number of hydrogen-bond donors (Lipinski definition) is 1. The molecule has 0 fully saturated rings. The van der Waals surface area contributed by atoms with E-state index in [0.29, 0.717) is 0 Å². The molecule has 0 atom stereocenters. The average Bonchev–Trinajstić information content (AvgIpc) is 2.71. The van der Waals surface area contributed by atoms with E-state index in [1.165, 1.54) is 11.3 Å². The number of anilines is 1. The van der Waals surface area contributed by atoms with Crippen LogP contribution in [0.4, 0.5) is 5.69 Å². The Morgan fingerprint density at radius 3 is 2.33 bits per heavy atom. The SMILES string of the molecule is CN(C)c1ccc(C2=NCCN2)cc1.Cl. The van der Waals surface area contributed by atoms with Gasteiger partial charge in [0.2, 0.25) is 0 Å². The molecule has 0 unspecified atom stereocenters. The number of aliphatic imine (C=N–C) groups is 1. The first kappa shape index (κ1) is 11.9. The molecule has 0 aliphatic carbocycles. The molecule has 1 aromatic carbocycles. The summed E-state index contributed by atoms with van der Waals surface area (Å²) in [6, 6.07) is 8.43. The average molecular weight is 226 g/mol. The zero-order chi connectivity index (χ0) is 9.97. The van der Waals surface area contributed by atoms with Gasteiger partial charge in [0.15, 0.2) is 0 Å². The summed E-state index contributed by atoms with van der Waals surface area (Å²) in [5.41, 5.74) is 2.39. The van der Waals surface area contributed by atoms with Crippen LogP contribution in [0.1, 0.15) is 5.56 Å². The first-order valence-corrected chi connectivity index (χ1v) is 4.83. The molecule has 0 spiro atoms. The molecular weight excluding hydrogens is 210 g/mol. The van der Waals surface area contributed by atoms with Gasteiger partial charge in [-0.05, 0) is 24.3 Å². The van der Waals surface area contributed by atoms with Crippen molar-refractivity contribution in [2.24, 2.45) is 4.99 Å². The second-order valence-corrected chi connectivity index (χ2v) is 3.60. The number of halogens is 1. The van der Waals surface area contributed by atoms with Gasteiger partial charge in [-0.1, -0.05) is 0 Å². The van der Waals surface area contributed by atoms with Gasteiger partial charge in [0, 0.05) is 31.9 Å². The minimum atomic E-state index is 0. The number of nitrogens with zero attached hydrogens (tertiary/aromatic N) is 2. The number of benzene rings is 1. The Labute approximate surface area is 96.6 Å². The van der Waals surface area contributed by atoms with Crippen molar-refractivity contribution in [1.29, 1.82) is 0 Å². The zero-order valence-corrected chi connectivity index (χ0v) is 9.84. The van der Waals surface area contributed by atoms with Crippen LogP contribution in [0.5, 0.6) is 0 Å². The molecule has 1 heterocycles. The normalized spacial score (nSPS) is 13.9. The molecule has 15 heavy (non-hydrogen) atoms. The van der Waals surface area contributed by atoms with Crippen molar-refractivity contribution in [1.82, 2.24) is 5.32 Å². The summed E-state index contributed by atoms with van der Waals surface area (Å²) in [7, 11) is 4.08. The largest absolute Gasteiger partial charge is 0.378 e. The van der Waals surface area contributed by atoms with E-state index < -0.39 is 0 Å². The quantitative estimate of drug-likeness (QED) is 0.827. The van der Waals surface area contributed by atoms with Crippen molar-refractivity contribution in [3.05, 3.63) is 29.8 Å². The lowest BCUT2D eigenvalue weighted by Gasteiger charge is -2.12. The van der Waals surface area contributed by atoms with Gasteiger partial charge in [-0.3, -0.25) is 4.99 Å². The minimum absolute atomic E-state index is 0. The summed E-state index contributed by atoms with van der Waals surface area (Å²) in [4.78, 5) is 6.46. The van der Waals surface area contributed by atoms with Crippen molar-refractivity contribution in [2.45, 2.75) is 0 Å². The second-order valence-electron chi connectivity index (χ2n) is 3.60. The van der Waals surface area contributed by atoms with Gasteiger partial charge < -0.3 is 10.2 Å². The molecule has 0 radical (unpaired) electrons. The van der Waals surface area contributed by atoms with Gasteiger partial charge in [0.1, 0.15) is 5.84 Å². The standard InChI is InChI=1S/C11H15N3.ClH/c1-14(2)10-5-3-9(4-6-10)11-12-7-8-13-11;/h3-6H,7-8H2,1-2H3,(H,12,13);1H. The maximum atomic E-state index is 4.37. The number of nitrogens with one attached hydrogen (secondary N) is 1. The van der Waals surface area contributed by atoms with E-state index in [9.17, 15) is 0 Å². The summed E-state index contributed by atoms with van der Waals surface area (Å²) in [5.74, 6) is 1.02. The van der Waals surface area contributed by atoms with Crippen LogP contribution < -0.4 is 10.2 Å². The van der Waals surface area contributed by atoms with Crippen molar-refractivity contribution in [3.8, 4) is 0 Å². The Hall–Kier alpha value is -1.22. The second kappa shape index (κ2) is 5.03. The highest BCUT2D eigenvalue weighted by Crippen LogP contribution is 2.12. The van der Waals surface area contributed by atoms with Crippen LogP contribution in [0.25, 0.3) is 0 Å². The molecule has 0 bridgehead atoms. The smallest absolute Gasteiger partial charge is 0.128 e. The fraction of sp³-hybridized carbons (Fsp3) is 0.364. The first-order chi connectivity index (χ1) is 6.77. The van der Waals surface area contributed by atoms with E-state index in [-0.39, 0.29) is 12.4 Å². The van der Waals surface area contributed by atoms with Gasteiger partial charge in [-0.2, -0.15) is 0 Å². The summed E-state index contributed by atoms with van der Waals surface area (Å²) in [6.07, 6.45) is 0. The minimum Gasteiger partial charge on any atom is -0.378 e. The topological polar surface area (TPSA) is 27.6 Å². The molecule has 0 saturated heterocycles. The lowest BCUT2D eigenvalue weighted by Crippen LogP contribution is -2.19. The highest BCUT2D eigenvalue weighted by atomic mass is 35.5. The van der Waals surface area contributed by atoms with Gasteiger partial charge in [-0.15, -0.1) is 12.4 Å². The lowest BCUT2D eigenvalue weighted by molar-refractivity contribution is 0.960. The molecule has 0 amide bonds. The van der Waals surface area contributed by atoms with Crippen LogP contribution in [0.15, 0.2) is 29.3 Å². The molecule has 1 N–H and O–H groups in total. The van der Waals surface area contributed by atoms with E-state index in [1.54, 1.807) is 0 Å². The Kier molecular flexibility index (Phi) is 3.97. The van der Waals surface area contributed by atoms with Crippen LogP contribution in [0.2, 0.25) is 0 Å². The molecule has 82 valence electrons. The van der Waals surface area contributed by atoms with Crippen LogP contribution in [0.3, 0.4) is 0 Å². The van der Waals surface area contributed by atoms with E-state index in [1.807, 2.05) is 14.1 Å². The highest BCUT2D eigenvalue weighted by Gasteiger charge is 2.07. The highest BCUT2D eigenvalue weighted by molar-refractivity contribution is 5.99. The monoisotopic (exact) mass is 225 g/mol. The fourth-order valence-electron chi connectivity index (χ4n) is 1.51. The van der Waals surface area contributed by atoms with Crippen LogP contribution in [-0.4, -0.2) is 33.0 Å². The van der Waals surface area contributed by atoms with Crippen LogP contribution in [0, 0.1) is 0 Å². The molecule has 1 aliphatic heterocycles. The third kappa shape index (κ3) is 2.63. The van der Waals surface area contributed by atoms with Crippen molar-refractivity contribution >= 4 is 23.9 Å². The molecule has 4 heteroatoms. The van der Waals surface area contributed by atoms with Gasteiger partial charge >= 0.3 is 0 Å². The third-order valence-electron chi connectivity index (χ3n) is 2.33. The summed E-state index contributed by atoms with van der Waals surface area (Å²) in [6.45, 7) is 1.86. The summed E-state index contributed by atoms with van der Waals surface area (Å²) in [5, 5.41) is 3.26. The molecule has 0 saturated carbocycles.